The molecular formula is C29H32N2O5. The number of allylic oxidation sites excluding steroid dienone is 1. The zero-order chi connectivity index (χ0) is 25.6. The van der Waals surface area contributed by atoms with Crippen LogP contribution in [-0.2, 0) is 31.1 Å². The number of ketones is 1. The number of amides is 1. The second-order valence-electron chi connectivity index (χ2n) is 9.35. The topological polar surface area (TPSA) is 96.3 Å². The summed E-state index contributed by atoms with van der Waals surface area (Å²) in [5, 5.41) is 11.9. The van der Waals surface area contributed by atoms with Crippen LogP contribution in [0.25, 0.3) is 0 Å². The number of rotatable bonds is 11. The predicted octanol–water partition coefficient (Wildman–Crippen LogP) is 4.43. The van der Waals surface area contributed by atoms with E-state index in [4.69, 9.17) is 4.74 Å². The Bertz CT molecular complexity index is 1110. The van der Waals surface area contributed by atoms with Crippen LogP contribution in [0.1, 0.15) is 50.2 Å². The molecule has 2 aromatic rings. The van der Waals surface area contributed by atoms with Crippen LogP contribution in [0, 0.1) is 5.92 Å². The molecule has 0 aromatic heterocycles. The number of ether oxygens (including phenoxy) is 1. The fourth-order valence-electron chi connectivity index (χ4n) is 5.69. The number of aliphatic imine (C=N–C) groups is 1. The van der Waals surface area contributed by atoms with E-state index in [9.17, 15) is 19.6 Å². The summed E-state index contributed by atoms with van der Waals surface area (Å²) in [7, 11) is 0. The van der Waals surface area contributed by atoms with E-state index in [1.165, 1.54) is 6.21 Å². The van der Waals surface area contributed by atoms with Crippen molar-refractivity contribution in [3.8, 4) is 0 Å². The normalized spacial score (nSPS) is 21.6. The number of benzene rings is 2. The summed E-state index contributed by atoms with van der Waals surface area (Å²) in [6.45, 7) is 1.70. The van der Waals surface area contributed by atoms with Gasteiger partial charge in [0, 0.05) is 12.6 Å². The number of hydrogen-bond donors (Lipinski definition) is 1. The molecular weight excluding hydrogens is 456 g/mol. The van der Waals surface area contributed by atoms with Crippen molar-refractivity contribution in [2.24, 2.45) is 10.9 Å². The van der Waals surface area contributed by atoms with Gasteiger partial charge in [0.15, 0.2) is 11.3 Å². The van der Waals surface area contributed by atoms with Crippen LogP contribution < -0.4 is 0 Å². The number of nitrogens with zero attached hydrogens (tertiary/aromatic N) is 2. The van der Waals surface area contributed by atoms with Crippen LogP contribution in [0.4, 0.5) is 0 Å². The standard InChI is InChI=1S/C29H32N2O5/c1-2-26(33)28(18-11-19-30-28)29(31(35)21-32,23-14-7-4-8-15-23)25(20-22-12-5-3-6-13-22)27(34)36-24-16-9-10-17-24/h3-8,11-15,18-19,21,24-25,35H,2,9-10,16-17,20H2,1H3. The SMILES string of the molecule is CCC(=O)C1(C(c2ccccc2)(C(Cc2ccccc2)C(=O)OC2CCCC2)N(O)C=O)C=CC=N1. The van der Waals surface area contributed by atoms with Crippen molar-refractivity contribution in [2.75, 3.05) is 0 Å². The summed E-state index contributed by atoms with van der Waals surface area (Å²) in [5.74, 6) is -2.05. The van der Waals surface area contributed by atoms with Crippen molar-refractivity contribution >= 4 is 24.4 Å². The molecule has 1 fully saturated rings. The summed E-state index contributed by atoms with van der Waals surface area (Å²) >= 11 is 0. The zero-order valence-corrected chi connectivity index (χ0v) is 20.5. The van der Waals surface area contributed by atoms with Gasteiger partial charge in [-0.1, -0.05) is 67.6 Å². The average Bonchev–Trinajstić information content (AvgIpc) is 3.62. The van der Waals surface area contributed by atoms with Crippen molar-refractivity contribution in [3.05, 3.63) is 83.9 Å². The van der Waals surface area contributed by atoms with Crippen molar-refractivity contribution in [1.29, 1.82) is 0 Å². The van der Waals surface area contributed by atoms with Gasteiger partial charge >= 0.3 is 5.97 Å². The van der Waals surface area contributed by atoms with E-state index in [0.29, 0.717) is 10.6 Å². The van der Waals surface area contributed by atoms with Gasteiger partial charge in [-0.15, -0.1) is 0 Å². The summed E-state index contributed by atoms with van der Waals surface area (Å²) in [6.07, 6.45) is 8.34. The maximum absolute atomic E-state index is 14.1. The third kappa shape index (κ3) is 4.39. The Morgan fingerprint density at radius 2 is 1.78 bits per heavy atom. The second kappa shape index (κ2) is 11.0. The fourth-order valence-corrected chi connectivity index (χ4v) is 5.69. The molecule has 7 heteroatoms. The first kappa shape index (κ1) is 25.5. The Balaban J connectivity index is 2.00. The fraction of sp³-hybridized carbons (Fsp3) is 0.379. The van der Waals surface area contributed by atoms with Crippen LogP contribution in [-0.4, -0.2) is 46.3 Å². The zero-order valence-electron chi connectivity index (χ0n) is 20.5. The average molecular weight is 489 g/mol. The van der Waals surface area contributed by atoms with E-state index in [0.717, 1.165) is 31.2 Å². The van der Waals surface area contributed by atoms with Crippen LogP contribution in [0.2, 0.25) is 0 Å². The second-order valence-corrected chi connectivity index (χ2v) is 9.35. The molecule has 1 saturated carbocycles. The lowest BCUT2D eigenvalue weighted by Crippen LogP contribution is -2.67. The summed E-state index contributed by atoms with van der Waals surface area (Å²) in [4.78, 5) is 44.8. The van der Waals surface area contributed by atoms with Gasteiger partial charge in [0.05, 0.1) is 5.92 Å². The Morgan fingerprint density at radius 3 is 2.33 bits per heavy atom. The first-order chi connectivity index (χ1) is 17.5. The van der Waals surface area contributed by atoms with E-state index in [-0.39, 0.29) is 31.1 Å². The Hall–Kier alpha value is -3.58. The number of Topliss-reactive ketones (excluding diaryl/α,β-unsaturated/α-hetero) is 1. The van der Waals surface area contributed by atoms with Gasteiger partial charge in [-0.2, -0.15) is 0 Å². The number of hydroxylamine groups is 2. The molecule has 36 heavy (non-hydrogen) atoms. The van der Waals surface area contributed by atoms with Crippen molar-refractivity contribution in [2.45, 2.75) is 62.6 Å². The Kier molecular flexibility index (Phi) is 7.79. The summed E-state index contributed by atoms with van der Waals surface area (Å²) in [5.41, 5.74) is -2.41. The highest BCUT2D eigenvalue weighted by atomic mass is 16.5. The Morgan fingerprint density at radius 1 is 1.14 bits per heavy atom. The maximum atomic E-state index is 14.1. The molecule has 1 aliphatic carbocycles. The van der Waals surface area contributed by atoms with Gasteiger partial charge in [-0.25, -0.2) is 5.06 Å². The monoisotopic (exact) mass is 488 g/mol. The van der Waals surface area contributed by atoms with Gasteiger partial charge in [0.2, 0.25) is 6.41 Å². The van der Waals surface area contributed by atoms with E-state index in [2.05, 4.69) is 4.99 Å². The molecule has 3 atom stereocenters. The van der Waals surface area contributed by atoms with Crippen molar-refractivity contribution in [3.63, 3.8) is 0 Å². The molecule has 1 N–H and O–H groups in total. The molecule has 2 aromatic carbocycles. The van der Waals surface area contributed by atoms with Crippen LogP contribution in [0.5, 0.6) is 0 Å². The van der Waals surface area contributed by atoms with Crippen LogP contribution in [0.3, 0.4) is 0 Å². The summed E-state index contributed by atoms with van der Waals surface area (Å²) in [6, 6.07) is 18.0. The first-order valence-electron chi connectivity index (χ1n) is 12.5. The molecule has 1 amide bonds. The van der Waals surface area contributed by atoms with E-state index in [1.54, 1.807) is 49.4 Å². The third-order valence-corrected chi connectivity index (χ3v) is 7.36. The van der Waals surface area contributed by atoms with Gasteiger partial charge in [-0.3, -0.25) is 24.6 Å². The minimum Gasteiger partial charge on any atom is -0.462 e. The molecule has 7 nitrogen and oxygen atoms in total. The van der Waals surface area contributed by atoms with Crippen molar-refractivity contribution < 1.29 is 24.3 Å². The van der Waals surface area contributed by atoms with Crippen LogP contribution >= 0.6 is 0 Å². The highest BCUT2D eigenvalue weighted by molar-refractivity contribution is 5.99. The predicted molar refractivity (Wildman–Crippen MR) is 135 cm³/mol. The highest BCUT2D eigenvalue weighted by Crippen LogP contribution is 2.51. The van der Waals surface area contributed by atoms with Crippen molar-refractivity contribution in [1.82, 2.24) is 5.06 Å². The number of carbonyl (C=O) groups is 3. The molecule has 0 spiro atoms. The maximum Gasteiger partial charge on any atom is 0.312 e. The van der Waals surface area contributed by atoms with E-state index < -0.39 is 23.0 Å². The smallest absolute Gasteiger partial charge is 0.312 e. The van der Waals surface area contributed by atoms with E-state index in [1.807, 2.05) is 30.3 Å². The lowest BCUT2D eigenvalue weighted by Gasteiger charge is -2.51. The minimum atomic E-state index is -1.89. The van der Waals surface area contributed by atoms with Gasteiger partial charge in [0.25, 0.3) is 0 Å². The summed E-state index contributed by atoms with van der Waals surface area (Å²) < 4.78 is 6.01. The molecule has 0 radical (unpaired) electrons. The first-order valence-corrected chi connectivity index (χ1v) is 12.5. The largest absolute Gasteiger partial charge is 0.462 e. The molecule has 0 bridgehead atoms. The molecule has 2 aliphatic rings. The molecule has 4 rings (SSSR count). The third-order valence-electron chi connectivity index (χ3n) is 7.36. The number of esters is 1. The quantitative estimate of drug-likeness (QED) is 0.218. The van der Waals surface area contributed by atoms with Crippen LogP contribution in [0.15, 0.2) is 77.8 Å². The minimum absolute atomic E-state index is 0.0820. The lowest BCUT2D eigenvalue weighted by atomic mass is 9.61. The highest BCUT2D eigenvalue weighted by Gasteiger charge is 2.66. The molecule has 3 unspecified atom stereocenters. The molecule has 1 aliphatic heterocycles. The molecule has 188 valence electrons. The Labute approximate surface area is 211 Å². The van der Waals surface area contributed by atoms with E-state index >= 15 is 0 Å². The van der Waals surface area contributed by atoms with Gasteiger partial charge < -0.3 is 4.74 Å². The number of carbonyl (C=O) groups excluding carboxylic acids is 3. The lowest BCUT2D eigenvalue weighted by molar-refractivity contribution is -0.213. The number of hydrogen-bond acceptors (Lipinski definition) is 6. The van der Waals surface area contributed by atoms with Gasteiger partial charge in [-0.05, 0) is 55.4 Å². The molecule has 0 saturated heterocycles. The van der Waals surface area contributed by atoms with Gasteiger partial charge in [0.1, 0.15) is 11.6 Å². The molecule has 1 heterocycles.